The minimum Gasteiger partial charge on any atom is -0.292 e. The molecule has 2 heterocycles. The molecule has 0 amide bonds. The summed E-state index contributed by atoms with van der Waals surface area (Å²) < 4.78 is 1.66. The van der Waals surface area contributed by atoms with Crippen LogP contribution >= 0.6 is 22.9 Å². The summed E-state index contributed by atoms with van der Waals surface area (Å²) in [4.78, 5) is 16.5. The number of aromatic nitrogens is 3. The Labute approximate surface area is 115 Å². The molecule has 0 saturated carbocycles. The quantitative estimate of drug-likeness (QED) is 0.809. The van der Waals surface area contributed by atoms with E-state index in [1.54, 1.807) is 4.68 Å². The number of halogens is 1. The Morgan fingerprint density at radius 1 is 1.56 bits per heavy atom. The van der Waals surface area contributed by atoms with Gasteiger partial charge in [0, 0.05) is 11.4 Å². The third kappa shape index (κ3) is 2.62. The first-order chi connectivity index (χ1) is 8.49. The topological polar surface area (TPSA) is 47.8 Å². The minimum atomic E-state index is -0.0449. The van der Waals surface area contributed by atoms with Crippen molar-refractivity contribution in [2.75, 3.05) is 0 Å². The van der Waals surface area contributed by atoms with E-state index in [1.165, 1.54) is 17.5 Å². The number of rotatable bonds is 4. The van der Waals surface area contributed by atoms with Crippen LogP contribution in [0.1, 0.15) is 41.1 Å². The lowest BCUT2D eigenvalue weighted by atomic mass is 10.1. The molecular weight excluding hydrogens is 270 g/mol. The first-order valence-electron chi connectivity index (χ1n) is 5.66. The van der Waals surface area contributed by atoms with E-state index < -0.39 is 0 Å². The molecule has 0 radical (unpaired) electrons. The average molecular weight is 284 g/mol. The van der Waals surface area contributed by atoms with Crippen LogP contribution in [0.5, 0.6) is 0 Å². The zero-order valence-electron chi connectivity index (χ0n) is 10.5. The molecule has 0 fully saturated rings. The molecule has 2 aromatic rings. The summed E-state index contributed by atoms with van der Waals surface area (Å²) in [5.74, 6) is -0.0449. The van der Waals surface area contributed by atoms with Gasteiger partial charge in [0.2, 0.25) is 0 Å². The van der Waals surface area contributed by atoms with Crippen molar-refractivity contribution in [3.63, 3.8) is 0 Å². The maximum atomic E-state index is 12.2. The second-order valence-corrected chi connectivity index (χ2v) is 5.81. The maximum absolute atomic E-state index is 12.2. The minimum absolute atomic E-state index is 0.0449. The number of hydrogen-bond acceptors (Lipinski definition) is 4. The van der Waals surface area contributed by atoms with E-state index in [-0.39, 0.29) is 18.2 Å². The summed E-state index contributed by atoms with van der Waals surface area (Å²) in [7, 11) is 0. The zero-order valence-corrected chi connectivity index (χ0v) is 12.0. The van der Waals surface area contributed by atoms with Gasteiger partial charge in [-0.05, 0) is 20.8 Å². The molecule has 2 aromatic heterocycles. The number of thiazole rings is 1. The summed E-state index contributed by atoms with van der Waals surface area (Å²) in [6, 6.07) is 0.105. The number of hydrogen-bond donors (Lipinski definition) is 0. The van der Waals surface area contributed by atoms with E-state index in [0.717, 1.165) is 10.7 Å². The Kier molecular flexibility index (Phi) is 3.82. The van der Waals surface area contributed by atoms with Crippen molar-refractivity contribution in [1.29, 1.82) is 0 Å². The van der Waals surface area contributed by atoms with Gasteiger partial charge in [-0.2, -0.15) is 5.10 Å². The van der Waals surface area contributed by atoms with Crippen molar-refractivity contribution >= 4 is 28.7 Å². The Hall–Kier alpha value is -1.20. The van der Waals surface area contributed by atoms with Crippen molar-refractivity contribution in [2.24, 2.45) is 0 Å². The first kappa shape index (κ1) is 13.2. The molecule has 0 aliphatic heterocycles. The van der Waals surface area contributed by atoms with E-state index in [9.17, 15) is 4.79 Å². The van der Waals surface area contributed by atoms with Crippen molar-refractivity contribution < 1.29 is 4.79 Å². The van der Waals surface area contributed by atoms with Gasteiger partial charge >= 0.3 is 0 Å². The second-order valence-electron chi connectivity index (χ2n) is 4.34. The van der Waals surface area contributed by atoms with Crippen molar-refractivity contribution in [3.8, 4) is 0 Å². The van der Waals surface area contributed by atoms with E-state index in [2.05, 4.69) is 10.1 Å². The van der Waals surface area contributed by atoms with Crippen LogP contribution in [0.2, 0.25) is 5.02 Å². The SMILES string of the molecule is Cc1nc(CC(=O)c2c(Cl)cnn2C(C)C)cs1. The molecule has 0 aromatic carbocycles. The van der Waals surface area contributed by atoms with Gasteiger partial charge in [-0.3, -0.25) is 9.48 Å². The van der Waals surface area contributed by atoms with Gasteiger partial charge < -0.3 is 0 Å². The lowest BCUT2D eigenvalue weighted by Crippen LogP contribution is -2.15. The van der Waals surface area contributed by atoms with Crippen LogP contribution in [0, 0.1) is 6.92 Å². The van der Waals surface area contributed by atoms with Gasteiger partial charge in [0.15, 0.2) is 5.78 Å². The second kappa shape index (κ2) is 5.20. The molecule has 18 heavy (non-hydrogen) atoms. The van der Waals surface area contributed by atoms with Gasteiger partial charge in [0.25, 0.3) is 0 Å². The number of ketones is 1. The van der Waals surface area contributed by atoms with E-state index >= 15 is 0 Å². The molecular formula is C12H14ClN3OS. The highest BCUT2D eigenvalue weighted by Crippen LogP contribution is 2.21. The maximum Gasteiger partial charge on any atom is 0.188 e. The fourth-order valence-corrected chi connectivity index (χ4v) is 2.58. The van der Waals surface area contributed by atoms with Gasteiger partial charge in [-0.1, -0.05) is 11.6 Å². The monoisotopic (exact) mass is 283 g/mol. The van der Waals surface area contributed by atoms with Crippen molar-refractivity contribution in [2.45, 2.75) is 33.2 Å². The summed E-state index contributed by atoms with van der Waals surface area (Å²) in [6.07, 6.45) is 1.78. The first-order valence-corrected chi connectivity index (χ1v) is 6.92. The number of carbonyl (C=O) groups is 1. The van der Waals surface area contributed by atoms with Crippen LogP contribution < -0.4 is 0 Å². The number of Topliss-reactive ketones (excluding diaryl/α,β-unsaturated/α-hetero) is 1. The Balaban J connectivity index is 2.26. The summed E-state index contributed by atoms with van der Waals surface area (Å²) in [6.45, 7) is 5.85. The smallest absolute Gasteiger partial charge is 0.188 e. The molecule has 0 unspecified atom stereocenters. The number of aryl methyl sites for hydroxylation is 1. The van der Waals surface area contributed by atoms with Gasteiger partial charge in [-0.25, -0.2) is 4.98 Å². The van der Waals surface area contributed by atoms with E-state index in [0.29, 0.717) is 10.7 Å². The highest BCUT2D eigenvalue weighted by molar-refractivity contribution is 7.09. The molecule has 0 saturated heterocycles. The Morgan fingerprint density at radius 3 is 2.83 bits per heavy atom. The predicted molar refractivity (Wildman–Crippen MR) is 72.5 cm³/mol. The average Bonchev–Trinajstić information content (AvgIpc) is 2.85. The van der Waals surface area contributed by atoms with Gasteiger partial charge in [0.1, 0.15) is 5.69 Å². The predicted octanol–water partition coefficient (Wildman–Crippen LogP) is 3.31. The normalized spacial score (nSPS) is 11.2. The Morgan fingerprint density at radius 2 is 2.28 bits per heavy atom. The molecule has 0 N–H and O–H groups in total. The number of nitrogens with zero attached hydrogens (tertiary/aromatic N) is 3. The molecule has 0 spiro atoms. The third-order valence-corrected chi connectivity index (χ3v) is 3.61. The number of carbonyl (C=O) groups excluding carboxylic acids is 1. The van der Waals surface area contributed by atoms with Crippen LogP contribution in [0.15, 0.2) is 11.6 Å². The summed E-state index contributed by atoms with van der Waals surface area (Å²) >= 11 is 7.57. The molecule has 0 atom stereocenters. The summed E-state index contributed by atoms with van der Waals surface area (Å²) in [5.41, 5.74) is 1.26. The lowest BCUT2D eigenvalue weighted by Gasteiger charge is -2.09. The highest BCUT2D eigenvalue weighted by Gasteiger charge is 2.20. The molecule has 0 bridgehead atoms. The molecule has 96 valence electrons. The van der Waals surface area contributed by atoms with Crippen LogP contribution in [0.4, 0.5) is 0 Å². The molecule has 4 nitrogen and oxygen atoms in total. The molecule has 6 heteroatoms. The molecule has 2 rings (SSSR count). The largest absolute Gasteiger partial charge is 0.292 e. The van der Waals surface area contributed by atoms with Crippen LogP contribution in [0.25, 0.3) is 0 Å². The van der Waals surface area contributed by atoms with Crippen LogP contribution in [-0.2, 0) is 6.42 Å². The highest BCUT2D eigenvalue weighted by atomic mass is 35.5. The molecule has 0 aliphatic carbocycles. The lowest BCUT2D eigenvalue weighted by molar-refractivity contribution is 0.0980. The van der Waals surface area contributed by atoms with Crippen LogP contribution in [-0.4, -0.2) is 20.5 Å². The van der Waals surface area contributed by atoms with Crippen molar-refractivity contribution in [1.82, 2.24) is 14.8 Å². The summed E-state index contributed by atoms with van der Waals surface area (Å²) in [5, 5.41) is 7.39. The van der Waals surface area contributed by atoms with Gasteiger partial charge in [-0.15, -0.1) is 11.3 Å². The third-order valence-electron chi connectivity index (χ3n) is 2.51. The van der Waals surface area contributed by atoms with Gasteiger partial charge in [0.05, 0.1) is 28.3 Å². The van der Waals surface area contributed by atoms with Crippen LogP contribution in [0.3, 0.4) is 0 Å². The molecule has 0 aliphatic rings. The van der Waals surface area contributed by atoms with E-state index in [1.807, 2.05) is 26.2 Å². The zero-order chi connectivity index (χ0) is 13.3. The fraction of sp³-hybridized carbons (Fsp3) is 0.417. The van der Waals surface area contributed by atoms with E-state index in [4.69, 9.17) is 11.6 Å². The van der Waals surface area contributed by atoms with Crippen molar-refractivity contribution in [3.05, 3.63) is 33.0 Å². The fourth-order valence-electron chi connectivity index (χ4n) is 1.73. The Bertz CT molecular complexity index is 574. The standard InChI is InChI=1S/C12H14ClN3OS/c1-7(2)16-12(10(13)5-14-16)11(17)4-9-6-18-8(3)15-9/h5-7H,4H2,1-3H3.